The fourth-order valence-electron chi connectivity index (χ4n) is 6.75. The molecule has 26 heteroatoms. The standard InChI is InChI=1S/C43H74N10O16/c1-8-9-12-17-53(43(69)28(19-32(59)60)50-41(67)35(23(4)5)51-37(63)25(45)13-10-11-16-44)36(24(6)7)42(68)49-27(18-31(57)58)39(65)48-26(14-15-30(55)56)38(64)52-34(22(2)3)40(66)47-20-29(54)46-21-33(61)62/h22-28,34-36H,8-21,44-45H2,1-7H3,(H,46,54)(H,47,66)(H,48,65)(H,49,68)(H,50,67)(H,51,63)(H,52,64)(H,55,56)(H,57,58)(H,59,60)(H,61,62). The molecule has 26 nitrogen and oxygen atoms in total. The lowest BCUT2D eigenvalue weighted by molar-refractivity contribution is -0.149. The lowest BCUT2D eigenvalue weighted by Gasteiger charge is -2.37. The van der Waals surface area contributed by atoms with E-state index in [1.807, 2.05) is 12.2 Å². The van der Waals surface area contributed by atoms with Gasteiger partial charge in [-0.15, -0.1) is 0 Å². The first-order valence-electron chi connectivity index (χ1n) is 22.9. The van der Waals surface area contributed by atoms with E-state index in [-0.39, 0.29) is 19.4 Å². The van der Waals surface area contributed by atoms with Gasteiger partial charge in [0.1, 0.15) is 42.8 Å². The minimum absolute atomic E-state index is 0.179. The van der Waals surface area contributed by atoms with Gasteiger partial charge in [-0.2, -0.15) is 0 Å². The highest BCUT2D eigenvalue weighted by atomic mass is 16.4. The van der Waals surface area contributed by atoms with E-state index in [0.717, 1.165) is 4.90 Å². The first-order chi connectivity index (χ1) is 32.2. The number of rotatable bonds is 35. The van der Waals surface area contributed by atoms with Gasteiger partial charge in [-0.05, 0) is 50.0 Å². The number of hydrogen-bond donors (Lipinski definition) is 13. The first-order valence-corrected chi connectivity index (χ1v) is 22.9. The molecule has 0 heterocycles. The predicted molar refractivity (Wildman–Crippen MR) is 245 cm³/mol. The van der Waals surface area contributed by atoms with Gasteiger partial charge in [-0.3, -0.25) is 57.5 Å². The van der Waals surface area contributed by atoms with Gasteiger partial charge in [0.15, 0.2) is 0 Å². The third-order valence-corrected chi connectivity index (χ3v) is 10.5. The molecule has 392 valence electrons. The SMILES string of the molecule is CCCCCN(C(=O)C(CC(=O)O)NC(=O)C(NC(=O)C(N)CCCCN)C(C)C)C(C(=O)NC(CC(=O)O)C(=O)NC(CCC(=O)O)C(=O)NC(C(=O)NCC(=O)NCC(=O)O)C(C)C)C(C)C. The molecule has 0 rings (SSSR count). The van der Waals surface area contributed by atoms with E-state index in [4.69, 9.17) is 16.6 Å². The highest BCUT2D eigenvalue weighted by Gasteiger charge is 2.40. The average molecular weight is 987 g/mol. The van der Waals surface area contributed by atoms with Gasteiger partial charge in [0.05, 0.1) is 25.4 Å². The van der Waals surface area contributed by atoms with Crippen LogP contribution in [0.5, 0.6) is 0 Å². The number of carbonyl (C=O) groups excluding carboxylic acids is 8. The molecule has 0 aromatic heterocycles. The molecule has 0 bridgehead atoms. The zero-order valence-corrected chi connectivity index (χ0v) is 40.5. The maximum atomic E-state index is 14.5. The van der Waals surface area contributed by atoms with Crippen LogP contribution in [0, 0.1) is 17.8 Å². The summed E-state index contributed by atoms with van der Waals surface area (Å²) in [7, 11) is 0. The van der Waals surface area contributed by atoms with E-state index < -0.39 is 170 Å². The summed E-state index contributed by atoms with van der Waals surface area (Å²) >= 11 is 0. The molecule has 0 aliphatic carbocycles. The van der Waals surface area contributed by atoms with Gasteiger partial charge in [0, 0.05) is 13.0 Å². The van der Waals surface area contributed by atoms with Crippen LogP contribution in [0.4, 0.5) is 0 Å². The zero-order valence-electron chi connectivity index (χ0n) is 40.5. The van der Waals surface area contributed by atoms with Crippen molar-refractivity contribution in [2.75, 3.05) is 26.2 Å². The largest absolute Gasteiger partial charge is 0.481 e. The fraction of sp³-hybridized carbons (Fsp3) is 0.721. The van der Waals surface area contributed by atoms with Crippen LogP contribution in [0.25, 0.3) is 0 Å². The molecule has 0 fully saturated rings. The van der Waals surface area contributed by atoms with Gasteiger partial charge in [-0.25, -0.2) is 0 Å². The van der Waals surface area contributed by atoms with Crippen LogP contribution in [-0.2, 0) is 57.5 Å². The second-order valence-electron chi connectivity index (χ2n) is 17.5. The van der Waals surface area contributed by atoms with Gasteiger partial charge >= 0.3 is 23.9 Å². The molecule has 69 heavy (non-hydrogen) atoms. The number of aliphatic carboxylic acids is 4. The van der Waals surface area contributed by atoms with Crippen LogP contribution in [0.3, 0.4) is 0 Å². The lowest BCUT2D eigenvalue weighted by atomic mass is 9.97. The molecule has 0 aromatic carbocycles. The Bertz CT molecular complexity index is 1800. The highest BCUT2D eigenvalue weighted by molar-refractivity contribution is 5.99. The number of nitrogens with one attached hydrogen (secondary N) is 7. The van der Waals surface area contributed by atoms with Gasteiger partial charge in [0.25, 0.3) is 0 Å². The van der Waals surface area contributed by atoms with Crippen LogP contribution in [0.15, 0.2) is 0 Å². The molecule has 0 saturated heterocycles. The van der Waals surface area contributed by atoms with Crippen molar-refractivity contribution in [1.82, 2.24) is 42.1 Å². The van der Waals surface area contributed by atoms with Crippen molar-refractivity contribution in [3.8, 4) is 0 Å². The van der Waals surface area contributed by atoms with Crippen molar-refractivity contribution in [3.63, 3.8) is 0 Å². The van der Waals surface area contributed by atoms with Crippen molar-refractivity contribution >= 4 is 71.1 Å². The monoisotopic (exact) mass is 987 g/mol. The van der Waals surface area contributed by atoms with Crippen molar-refractivity contribution in [2.24, 2.45) is 29.2 Å². The first kappa shape index (κ1) is 62.6. The minimum Gasteiger partial charge on any atom is -0.481 e. The quantitative estimate of drug-likeness (QED) is 0.0289. The number of carboxylic acid groups (broad SMARTS) is 4. The Morgan fingerprint density at radius 1 is 0.507 bits per heavy atom. The Balaban J connectivity index is 6.85. The maximum Gasteiger partial charge on any atom is 0.322 e. The Morgan fingerprint density at radius 2 is 1.03 bits per heavy atom. The molecule has 7 atom stereocenters. The molecule has 0 aliphatic rings. The molecule has 8 amide bonds. The Morgan fingerprint density at radius 3 is 1.54 bits per heavy atom. The number of carbonyl (C=O) groups is 12. The van der Waals surface area contributed by atoms with Crippen molar-refractivity contribution in [1.29, 1.82) is 0 Å². The van der Waals surface area contributed by atoms with E-state index in [2.05, 4.69) is 31.9 Å². The third kappa shape index (κ3) is 24.4. The van der Waals surface area contributed by atoms with Crippen LogP contribution < -0.4 is 48.7 Å². The minimum atomic E-state index is -1.98. The summed E-state index contributed by atoms with van der Waals surface area (Å²) in [6, 6.07) is -10.8. The second kappa shape index (κ2) is 32.3. The van der Waals surface area contributed by atoms with Crippen molar-refractivity contribution in [2.45, 2.75) is 155 Å². The Hall–Kier alpha value is -6.44. The fourth-order valence-corrected chi connectivity index (χ4v) is 6.75. The molecule has 0 aromatic rings. The smallest absolute Gasteiger partial charge is 0.322 e. The van der Waals surface area contributed by atoms with Crippen molar-refractivity contribution in [3.05, 3.63) is 0 Å². The lowest BCUT2D eigenvalue weighted by Crippen LogP contribution is -2.62. The number of unbranched alkanes of at least 4 members (excludes halogenated alkanes) is 3. The highest BCUT2D eigenvalue weighted by Crippen LogP contribution is 2.18. The number of hydrogen-bond acceptors (Lipinski definition) is 14. The molecule has 0 radical (unpaired) electrons. The van der Waals surface area contributed by atoms with Crippen LogP contribution in [0.1, 0.15) is 113 Å². The van der Waals surface area contributed by atoms with E-state index >= 15 is 0 Å². The van der Waals surface area contributed by atoms with Gasteiger partial charge in [0.2, 0.25) is 47.3 Å². The number of nitrogens with zero attached hydrogens (tertiary/aromatic N) is 1. The van der Waals surface area contributed by atoms with E-state index in [1.165, 1.54) is 27.7 Å². The number of amides is 8. The van der Waals surface area contributed by atoms with E-state index in [9.17, 15) is 72.9 Å². The molecular formula is C43H74N10O16. The van der Waals surface area contributed by atoms with Crippen LogP contribution in [-0.4, -0.2) is 165 Å². The van der Waals surface area contributed by atoms with Crippen LogP contribution >= 0.6 is 0 Å². The molecule has 0 spiro atoms. The zero-order chi connectivity index (χ0) is 53.1. The number of carboxylic acids is 4. The molecule has 0 aliphatic heterocycles. The Labute approximate surface area is 400 Å². The van der Waals surface area contributed by atoms with Gasteiger partial charge < -0.3 is 74.0 Å². The van der Waals surface area contributed by atoms with Gasteiger partial charge in [-0.1, -0.05) is 67.7 Å². The number of nitrogens with two attached hydrogens (primary N) is 2. The topological polar surface area (TPSA) is 425 Å². The second-order valence-corrected chi connectivity index (χ2v) is 17.5. The predicted octanol–water partition coefficient (Wildman–Crippen LogP) is -2.65. The summed E-state index contributed by atoms with van der Waals surface area (Å²) in [5, 5.41) is 54.0. The van der Waals surface area contributed by atoms with Crippen molar-refractivity contribution < 1.29 is 78.0 Å². The maximum absolute atomic E-state index is 14.5. The third-order valence-electron chi connectivity index (χ3n) is 10.5. The molecular weight excluding hydrogens is 913 g/mol. The average Bonchev–Trinajstić information content (AvgIpc) is 3.24. The van der Waals surface area contributed by atoms with E-state index in [0.29, 0.717) is 32.2 Å². The summed E-state index contributed by atoms with van der Waals surface area (Å²) in [6.07, 6.45) is -0.563. The summed E-state index contributed by atoms with van der Waals surface area (Å²) in [5.74, 6) is -15.9. The summed E-state index contributed by atoms with van der Waals surface area (Å²) in [4.78, 5) is 156. The normalized spacial score (nSPS) is 14.1. The summed E-state index contributed by atoms with van der Waals surface area (Å²) in [6.45, 7) is 9.86. The molecule has 7 unspecified atom stereocenters. The summed E-state index contributed by atoms with van der Waals surface area (Å²) in [5.41, 5.74) is 11.5. The van der Waals surface area contributed by atoms with Crippen LogP contribution in [0.2, 0.25) is 0 Å². The molecule has 0 saturated carbocycles. The summed E-state index contributed by atoms with van der Waals surface area (Å²) < 4.78 is 0. The molecule has 15 N–H and O–H groups in total. The Kier molecular flexibility index (Phi) is 29.3. The van der Waals surface area contributed by atoms with E-state index in [1.54, 1.807) is 13.8 Å².